The molecule has 2 heterocycles. The van der Waals surface area contributed by atoms with Gasteiger partial charge in [0.25, 0.3) is 5.56 Å². The fourth-order valence-corrected chi connectivity index (χ4v) is 2.93. The number of benzene rings is 2. The molecule has 1 N–H and O–H groups in total. The number of aromatic nitrogens is 3. The Morgan fingerprint density at radius 2 is 2.08 bits per heavy atom. The van der Waals surface area contributed by atoms with Crippen LogP contribution in [0.5, 0.6) is 0 Å². The highest BCUT2D eigenvalue weighted by Crippen LogP contribution is 2.19. The molecule has 0 fully saturated rings. The van der Waals surface area contributed by atoms with Crippen molar-refractivity contribution in [3.8, 4) is 0 Å². The van der Waals surface area contributed by atoms with Crippen LogP contribution in [0.2, 0.25) is 0 Å². The van der Waals surface area contributed by atoms with Crippen LogP contribution in [0.15, 0.2) is 51.9 Å². The van der Waals surface area contributed by atoms with E-state index in [4.69, 9.17) is 4.42 Å². The highest BCUT2D eigenvalue weighted by molar-refractivity contribution is 5.92. The Balaban J connectivity index is 1.58. The van der Waals surface area contributed by atoms with Crippen molar-refractivity contribution in [2.24, 2.45) is 0 Å². The van der Waals surface area contributed by atoms with E-state index in [9.17, 15) is 9.59 Å². The zero-order chi connectivity index (χ0) is 18.3. The summed E-state index contributed by atoms with van der Waals surface area (Å²) >= 11 is 0. The maximum absolute atomic E-state index is 12.6. The van der Waals surface area contributed by atoms with Gasteiger partial charge in [-0.2, -0.15) is 0 Å². The molecule has 0 bridgehead atoms. The minimum atomic E-state index is -0.319. The molecule has 4 aromatic rings. The lowest BCUT2D eigenvalue weighted by Crippen LogP contribution is -2.28. The van der Waals surface area contributed by atoms with Gasteiger partial charge in [-0.05, 0) is 36.8 Å². The Bertz CT molecular complexity index is 1210. The Labute approximate surface area is 148 Å². The standard InChI is InChI=1S/C19H16N4O3/c1-11-4-3-5-14-18(11)20-10-23(19(14)25)9-17(24)22-13-6-7-16-15(8-13)21-12(2)26-16/h3-8,10H,9H2,1-2H3,(H,22,24). The molecule has 130 valence electrons. The summed E-state index contributed by atoms with van der Waals surface area (Å²) in [7, 11) is 0. The maximum Gasteiger partial charge on any atom is 0.261 e. The van der Waals surface area contributed by atoms with E-state index in [0.717, 1.165) is 5.56 Å². The van der Waals surface area contributed by atoms with Gasteiger partial charge in [-0.25, -0.2) is 9.97 Å². The fraction of sp³-hybridized carbons (Fsp3) is 0.158. The molecule has 0 radical (unpaired) electrons. The second-order valence-electron chi connectivity index (χ2n) is 6.11. The predicted octanol–water partition coefficient (Wildman–Crippen LogP) is 2.79. The quantitative estimate of drug-likeness (QED) is 0.615. The number of hydrogen-bond acceptors (Lipinski definition) is 5. The molecule has 0 spiro atoms. The van der Waals surface area contributed by atoms with Crippen molar-refractivity contribution in [2.45, 2.75) is 20.4 Å². The van der Waals surface area contributed by atoms with Crippen molar-refractivity contribution in [1.29, 1.82) is 0 Å². The summed E-state index contributed by atoms with van der Waals surface area (Å²) in [6.07, 6.45) is 1.40. The molecular weight excluding hydrogens is 332 g/mol. The van der Waals surface area contributed by atoms with E-state index in [0.29, 0.717) is 33.6 Å². The van der Waals surface area contributed by atoms with Gasteiger partial charge in [-0.15, -0.1) is 0 Å². The molecule has 0 unspecified atom stereocenters. The fourth-order valence-electron chi connectivity index (χ4n) is 2.93. The van der Waals surface area contributed by atoms with Crippen molar-refractivity contribution >= 4 is 33.6 Å². The molecule has 2 aromatic carbocycles. The molecular formula is C19H16N4O3. The van der Waals surface area contributed by atoms with Gasteiger partial charge in [-0.3, -0.25) is 14.2 Å². The van der Waals surface area contributed by atoms with Crippen LogP contribution in [0.1, 0.15) is 11.5 Å². The Hall–Kier alpha value is -3.48. The average molecular weight is 348 g/mol. The normalized spacial score (nSPS) is 11.2. The van der Waals surface area contributed by atoms with Crippen LogP contribution in [0, 0.1) is 13.8 Å². The van der Waals surface area contributed by atoms with Gasteiger partial charge in [0.15, 0.2) is 11.5 Å². The first-order valence-electron chi connectivity index (χ1n) is 8.13. The summed E-state index contributed by atoms with van der Waals surface area (Å²) in [5.74, 6) is 0.244. The first-order valence-corrected chi connectivity index (χ1v) is 8.13. The number of nitrogens with zero attached hydrogens (tertiary/aromatic N) is 3. The second kappa shape index (κ2) is 6.11. The lowest BCUT2D eigenvalue weighted by molar-refractivity contribution is -0.116. The summed E-state index contributed by atoms with van der Waals surface area (Å²) in [5.41, 5.74) is 3.25. The van der Waals surface area contributed by atoms with Crippen LogP contribution in [0.25, 0.3) is 22.0 Å². The van der Waals surface area contributed by atoms with Crippen molar-refractivity contribution in [3.05, 3.63) is 64.5 Å². The van der Waals surface area contributed by atoms with Crippen LogP contribution >= 0.6 is 0 Å². The number of rotatable bonds is 3. The third-order valence-electron chi connectivity index (χ3n) is 4.15. The Morgan fingerprint density at radius 1 is 1.23 bits per heavy atom. The molecule has 0 aliphatic carbocycles. The zero-order valence-corrected chi connectivity index (χ0v) is 14.3. The number of amides is 1. The van der Waals surface area contributed by atoms with Crippen LogP contribution in [0.4, 0.5) is 5.69 Å². The van der Waals surface area contributed by atoms with Gasteiger partial charge in [0.1, 0.15) is 12.1 Å². The first kappa shape index (κ1) is 16.0. The molecule has 4 rings (SSSR count). The lowest BCUT2D eigenvalue weighted by atomic mass is 10.1. The van der Waals surface area contributed by atoms with Crippen LogP contribution < -0.4 is 10.9 Å². The number of nitrogens with one attached hydrogen (secondary N) is 1. The average Bonchev–Trinajstić information content (AvgIpc) is 2.97. The van der Waals surface area contributed by atoms with Crippen LogP contribution in [0.3, 0.4) is 0 Å². The number of hydrogen-bond donors (Lipinski definition) is 1. The molecule has 0 atom stereocenters. The Kier molecular flexibility index (Phi) is 3.76. The van der Waals surface area contributed by atoms with Gasteiger partial charge < -0.3 is 9.73 Å². The Morgan fingerprint density at radius 3 is 2.92 bits per heavy atom. The molecule has 7 nitrogen and oxygen atoms in total. The lowest BCUT2D eigenvalue weighted by Gasteiger charge is -2.08. The highest BCUT2D eigenvalue weighted by Gasteiger charge is 2.10. The second-order valence-corrected chi connectivity index (χ2v) is 6.11. The topological polar surface area (TPSA) is 90.0 Å². The van der Waals surface area contributed by atoms with Gasteiger partial charge >= 0.3 is 0 Å². The summed E-state index contributed by atoms with van der Waals surface area (Å²) in [6.45, 7) is 3.54. The monoisotopic (exact) mass is 348 g/mol. The molecule has 0 saturated heterocycles. The molecule has 2 aromatic heterocycles. The third kappa shape index (κ3) is 2.83. The summed E-state index contributed by atoms with van der Waals surface area (Å²) in [5, 5.41) is 3.27. The van der Waals surface area contributed by atoms with Crippen molar-refractivity contribution in [2.75, 3.05) is 5.32 Å². The number of anilines is 1. The van der Waals surface area contributed by atoms with Gasteiger partial charge in [0, 0.05) is 12.6 Å². The number of carbonyl (C=O) groups is 1. The van der Waals surface area contributed by atoms with E-state index in [1.165, 1.54) is 10.9 Å². The van der Waals surface area contributed by atoms with E-state index >= 15 is 0 Å². The summed E-state index contributed by atoms with van der Waals surface area (Å²) in [4.78, 5) is 33.4. The summed E-state index contributed by atoms with van der Waals surface area (Å²) in [6, 6.07) is 10.6. The zero-order valence-electron chi connectivity index (χ0n) is 14.3. The molecule has 0 saturated carbocycles. The smallest absolute Gasteiger partial charge is 0.261 e. The summed E-state index contributed by atoms with van der Waals surface area (Å²) < 4.78 is 6.71. The number of carbonyl (C=O) groups excluding carboxylic acids is 1. The van der Waals surface area contributed by atoms with Gasteiger partial charge in [0.05, 0.1) is 17.2 Å². The first-order chi connectivity index (χ1) is 12.5. The van der Waals surface area contributed by atoms with Crippen molar-refractivity contribution < 1.29 is 9.21 Å². The molecule has 26 heavy (non-hydrogen) atoms. The minimum absolute atomic E-state index is 0.119. The van der Waals surface area contributed by atoms with Gasteiger partial charge in [-0.1, -0.05) is 12.1 Å². The largest absolute Gasteiger partial charge is 0.441 e. The van der Waals surface area contributed by atoms with E-state index in [2.05, 4.69) is 15.3 Å². The number of para-hydroxylation sites is 1. The van der Waals surface area contributed by atoms with Crippen LogP contribution in [-0.2, 0) is 11.3 Å². The number of fused-ring (bicyclic) bond motifs is 2. The van der Waals surface area contributed by atoms with Crippen molar-refractivity contribution in [1.82, 2.24) is 14.5 Å². The van der Waals surface area contributed by atoms with Crippen molar-refractivity contribution in [3.63, 3.8) is 0 Å². The van der Waals surface area contributed by atoms with Crippen LogP contribution in [-0.4, -0.2) is 20.4 Å². The minimum Gasteiger partial charge on any atom is -0.441 e. The van der Waals surface area contributed by atoms with E-state index in [1.807, 2.05) is 13.0 Å². The third-order valence-corrected chi connectivity index (χ3v) is 4.15. The molecule has 7 heteroatoms. The molecule has 1 amide bonds. The van der Waals surface area contributed by atoms with E-state index < -0.39 is 0 Å². The molecule has 0 aliphatic rings. The number of aryl methyl sites for hydroxylation is 2. The van der Waals surface area contributed by atoms with Gasteiger partial charge in [0.2, 0.25) is 5.91 Å². The molecule has 0 aliphatic heterocycles. The number of oxazole rings is 1. The van der Waals surface area contributed by atoms with E-state index in [-0.39, 0.29) is 18.0 Å². The predicted molar refractivity (Wildman–Crippen MR) is 98.1 cm³/mol. The van der Waals surface area contributed by atoms with E-state index in [1.54, 1.807) is 37.3 Å². The highest BCUT2D eigenvalue weighted by atomic mass is 16.3. The maximum atomic E-state index is 12.6. The SMILES string of the molecule is Cc1nc2cc(NC(=O)Cn3cnc4c(C)cccc4c3=O)ccc2o1.